The van der Waals surface area contributed by atoms with Crippen LogP contribution in [0, 0.1) is 0 Å². The Balaban J connectivity index is 1.58. The summed E-state index contributed by atoms with van der Waals surface area (Å²) in [5.74, 6) is 1.58. The summed E-state index contributed by atoms with van der Waals surface area (Å²) >= 11 is 0. The van der Waals surface area contributed by atoms with Crippen LogP contribution in [0.15, 0.2) is 35.2 Å². The number of furan rings is 1. The highest BCUT2D eigenvalue weighted by Gasteiger charge is 2.33. The minimum atomic E-state index is -0.230. The maximum absolute atomic E-state index is 12.0. The number of nitrogens with zero attached hydrogens (tertiary/aromatic N) is 2. The third-order valence-corrected chi connectivity index (χ3v) is 3.75. The fourth-order valence-electron chi connectivity index (χ4n) is 2.64. The molecule has 0 aromatic carbocycles. The van der Waals surface area contributed by atoms with E-state index in [-0.39, 0.29) is 18.2 Å². The van der Waals surface area contributed by atoms with Crippen molar-refractivity contribution < 1.29 is 13.9 Å². The number of urea groups is 1. The highest BCUT2D eigenvalue weighted by Crippen LogP contribution is 2.28. The van der Waals surface area contributed by atoms with Crippen molar-refractivity contribution in [2.24, 2.45) is 0 Å². The molecule has 0 bridgehead atoms. The van der Waals surface area contributed by atoms with Gasteiger partial charge in [-0.2, -0.15) is 0 Å². The SMILES string of the molecule is CCn1ccnc1[C@H]1OCC[C@@H]1NC(=O)NCc1ccco1. The smallest absolute Gasteiger partial charge is 0.315 e. The molecule has 0 spiro atoms. The van der Waals surface area contributed by atoms with Gasteiger partial charge in [-0.1, -0.05) is 0 Å². The predicted molar refractivity (Wildman–Crippen MR) is 79.1 cm³/mol. The average molecular weight is 304 g/mol. The Hall–Kier alpha value is -2.28. The molecule has 2 aromatic heterocycles. The number of aryl methyl sites for hydroxylation is 1. The maximum Gasteiger partial charge on any atom is 0.315 e. The molecular weight excluding hydrogens is 284 g/mol. The highest BCUT2D eigenvalue weighted by atomic mass is 16.5. The van der Waals surface area contributed by atoms with E-state index in [0.29, 0.717) is 13.2 Å². The molecule has 1 aliphatic heterocycles. The Labute approximate surface area is 128 Å². The summed E-state index contributed by atoms with van der Waals surface area (Å²) < 4.78 is 13.0. The summed E-state index contributed by atoms with van der Waals surface area (Å²) in [7, 11) is 0. The molecule has 22 heavy (non-hydrogen) atoms. The van der Waals surface area contributed by atoms with Crippen molar-refractivity contribution >= 4 is 6.03 Å². The van der Waals surface area contributed by atoms with Crippen LogP contribution < -0.4 is 10.6 Å². The number of hydrogen-bond acceptors (Lipinski definition) is 4. The number of amides is 2. The second-order valence-electron chi connectivity index (χ2n) is 5.16. The molecular formula is C15H20N4O3. The van der Waals surface area contributed by atoms with E-state index in [1.54, 1.807) is 18.5 Å². The van der Waals surface area contributed by atoms with E-state index in [1.165, 1.54) is 0 Å². The normalized spacial score (nSPS) is 21.0. The monoisotopic (exact) mass is 304 g/mol. The zero-order chi connectivity index (χ0) is 15.4. The predicted octanol–water partition coefficient (Wildman–Crippen LogP) is 1.83. The van der Waals surface area contributed by atoms with Crippen molar-refractivity contribution in [2.45, 2.75) is 38.6 Å². The molecule has 0 saturated carbocycles. The average Bonchev–Trinajstić information content (AvgIpc) is 3.25. The molecule has 0 radical (unpaired) electrons. The van der Waals surface area contributed by atoms with Gasteiger partial charge >= 0.3 is 6.03 Å². The highest BCUT2D eigenvalue weighted by molar-refractivity contribution is 5.74. The van der Waals surface area contributed by atoms with E-state index in [1.807, 2.05) is 16.8 Å². The molecule has 7 nitrogen and oxygen atoms in total. The lowest BCUT2D eigenvalue weighted by molar-refractivity contribution is 0.0901. The first-order chi connectivity index (χ1) is 10.8. The first-order valence-corrected chi connectivity index (χ1v) is 7.47. The van der Waals surface area contributed by atoms with Gasteiger partial charge in [-0.25, -0.2) is 9.78 Å². The van der Waals surface area contributed by atoms with Crippen molar-refractivity contribution in [2.75, 3.05) is 6.61 Å². The topological polar surface area (TPSA) is 81.3 Å². The van der Waals surface area contributed by atoms with E-state index in [0.717, 1.165) is 24.6 Å². The van der Waals surface area contributed by atoms with Gasteiger partial charge in [0.05, 0.1) is 18.8 Å². The second kappa shape index (κ2) is 6.65. The quantitative estimate of drug-likeness (QED) is 0.883. The number of carbonyl (C=O) groups excluding carboxylic acids is 1. The van der Waals surface area contributed by atoms with Crippen LogP contribution in [-0.2, 0) is 17.8 Å². The van der Waals surface area contributed by atoms with Crippen molar-refractivity contribution in [3.63, 3.8) is 0 Å². The molecule has 3 rings (SSSR count). The van der Waals surface area contributed by atoms with Crippen LogP contribution in [-0.4, -0.2) is 28.2 Å². The maximum atomic E-state index is 12.0. The van der Waals surface area contributed by atoms with E-state index in [2.05, 4.69) is 22.5 Å². The van der Waals surface area contributed by atoms with Gasteiger partial charge in [0, 0.05) is 25.5 Å². The van der Waals surface area contributed by atoms with Crippen LogP contribution in [0.3, 0.4) is 0 Å². The largest absolute Gasteiger partial charge is 0.467 e. The molecule has 2 amide bonds. The van der Waals surface area contributed by atoms with Crippen LogP contribution in [0.4, 0.5) is 4.79 Å². The van der Waals surface area contributed by atoms with Gasteiger partial charge in [-0.3, -0.25) is 0 Å². The minimum Gasteiger partial charge on any atom is -0.467 e. The number of ether oxygens (including phenoxy) is 1. The van der Waals surface area contributed by atoms with E-state index in [4.69, 9.17) is 9.15 Å². The van der Waals surface area contributed by atoms with Crippen LogP contribution >= 0.6 is 0 Å². The van der Waals surface area contributed by atoms with Crippen molar-refractivity contribution in [3.8, 4) is 0 Å². The number of nitrogens with one attached hydrogen (secondary N) is 2. The van der Waals surface area contributed by atoms with Crippen molar-refractivity contribution in [1.29, 1.82) is 0 Å². The molecule has 7 heteroatoms. The van der Waals surface area contributed by atoms with Gasteiger partial charge in [0.25, 0.3) is 0 Å². The molecule has 118 valence electrons. The minimum absolute atomic E-state index is 0.0794. The summed E-state index contributed by atoms with van der Waals surface area (Å²) in [5.41, 5.74) is 0. The molecule has 1 aliphatic rings. The molecule has 1 fully saturated rings. The van der Waals surface area contributed by atoms with Crippen LogP contribution in [0.5, 0.6) is 0 Å². The number of carbonyl (C=O) groups is 1. The summed E-state index contributed by atoms with van der Waals surface area (Å²) in [5, 5.41) is 5.74. The fraction of sp³-hybridized carbons (Fsp3) is 0.467. The lowest BCUT2D eigenvalue weighted by Crippen LogP contribution is -2.43. The van der Waals surface area contributed by atoms with Crippen LogP contribution in [0.1, 0.15) is 31.0 Å². The second-order valence-corrected chi connectivity index (χ2v) is 5.16. The lowest BCUT2D eigenvalue weighted by atomic mass is 10.1. The lowest BCUT2D eigenvalue weighted by Gasteiger charge is -2.20. The van der Waals surface area contributed by atoms with E-state index < -0.39 is 0 Å². The number of rotatable bonds is 5. The molecule has 2 N–H and O–H groups in total. The van der Waals surface area contributed by atoms with E-state index in [9.17, 15) is 4.79 Å². The fourth-order valence-corrected chi connectivity index (χ4v) is 2.64. The summed E-state index contributed by atoms with van der Waals surface area (Å²) in [4.78, 5) is 16.4. The van der Waals surface area contributed by atoms with Gasteiger partial charge in [0.2, 0.25) is 0 Å². The van der Waals surface area contributed by atoms with Gasteiger partial charge < -0.3 is 24.4 Å². The molecule has 0 unspecified atom stereocenters. The van der Waals surface area contributed by atoms with Crippen LogP contribution in [0.2, 0.25) is 0 Å². The van der Waals surface area contributed by atoms with Gasteiger partial charge in [-0.15, -0.1) is 0 Å². The molecule has 1 saturated heterocycles. The number of hydrogen-bond donors (Lipinski definition) is 2. The molecule has 0 aliphatic carbocycles. The third kappa shape index (κ3) is 3.14. The Morgan fingerprint density at radius 2 is 2.45 bits per heavy atom. The zero-order valence-electron chi connectivity index (χ0n) is 12.5. The first kappa shape index (κ1) is 14.6. The van der Waals surface area contributed by atoms with Crippen LogP contribution in [0.25, 0.3) is 0 Å². The first-order valence-electron chi connectivity index (χ1n) is 7.47. The van der Waals surface area contributed by atoms with Gasteiger partial charge in [-0.05, 0) is 25.5 Å². The Bertz CT molecular complexity index is 608. The Morgan fingerprint density at radius 1 is 1.55 bits per heavy atom. The molecule has 3 heterocycles. The Kier molecular flexibility index (Phi) is 4.43. The summed E-state index contributed by atoms with van der Waals surface area (Å²) in [6.07, 6.45) is 5.83. The molecule has 2 atom stereocenters. The van der Waals surface area contributed by atoms with Crippen molar-refractivity contribution in [3.05, 3.63) is 42.4 Å². The van der Waals surface area contributed by atoms with E-state index >= 15 is 0 Å². The van der Waals surface area contributed by atoms with Gasteiger partial charge in [0.1, 0.15) is 17.7 Å². The summed E-state index contributed by atoms with van der Waals surface area (Å²) in [6.45, 7) is 3.86. The Morgan fingerprint density at radius 3 is 3.23 bits per heavy atom. The molecule has 2 aromatic rings. The van der Waals surface area contributed by atoms with Crippen molar-refractivity contribution in [1.82, 2.24) is 20.2 Å². The number of aromatic nitrogens is 2. The standard InChI is InChI=1S/C15H20N4O3/c1-2-19-7-6-16-14(19)13-12(5-9-22-13)18-15(20)17-10-11-4-3-8-21-11/h3-4,6-8,12-13H,2,5,9-10H2,1H3,(H2,17,18,20)/t12-,13-/m0/s1. The summed E-state index contributed by atoms with van der Waals surface area (Å²) in [6, 6.07) is 3.30. The zero-order valence-corrected chi connectivity index (χ0v) is 12.5. The van der Waals surface area contributed by atoms with Gasteiger partial charge in [0.15, 0.2) is 0 Å². The number of imidazole rings is 1. The third-order valence-electron chi connectivity index (χ3n) is 3.75.